The molecule has 84 valence electrons. The number of aromatic nitrogens is 2. The molecule has 2 rings (SSSR count). The smallest absolute Gasteiger partial charge is 0.313 e. The van der Waals surface area contributed by atoms with Crippen LogP contribution in [-0.2, 0) is 16.0 Å². The maximum atomic E-state index is 13.3. The summed E-state index contributed by atoms with van der Waals surface area (Å²) in [5, 5.41) is 0. The number of H-pyrrole nitrogens is 1. The second-order valence-electron chi connectivity index (χ2n) is 3.30. The summed E-state index contributed by atoms with van der Waals surface area (Å²) in [4.78, 5) is 18.1. The number of rotatable bonds is 3. The number of nitrogens with zero attached hydrogens (tertiary/aromatic N) is 1. The molecule has 1 heterocycles. The number of halogens is 1. The zero-order valence-electron chi connectivity index (χ0n) is 8.79. The maximum Gasteiger partial charge on any atom is 0.313 e. The molecule has 0 atom stereocenters. The van der Waals surface area contributed by atoms with Gasteiger partial charge in [0, 0.05) is 0 Å². The van der Waals surface area contributed by atoms with E-state index in [1.54, 1.807) is 19.1 Å². The van der Waals surface area contributed by atoms with Crippen molar-refractivity contribution >= 4 is 17.0 Å². The summed E-state index contributed by atoms with van der Waals surface area (Å²) in [7, 11) is 0. The predicted octanol–water partition coefficient (Wildman–Crippen LogP) is 1.81. The Kier molecular flexibility index (Phi) is 2.85. The number of hydrogen-bond donors (Lipinski definition) is 1. The van der Waals surface area contributed by atoms with Gasteiger partial charge < -0.3 is 9.72 Å². The van der Waals surface area contributed by atoms with Crippen LogP contribution in [0.5, 0.6) is 0 Å². The summed E-state index contributed by atoms with van der Waals surface area (Å²) >= 11 is 0. The van der Waals surface area contributed by atoms with Gasteiger partial charge in [0.1, 0.15) is 17.8 Å². The van der Waals surface area contributed by atoms with Crippen LogP contribution in [0.25, 0.3) is 11.0 Å². The highest BCUT2D eigenvalue weighted by molar-refractivity contribution is 5.78. The third-order valence-electron chi connectivity index (χ3n) is 2.13. The van der Waals surface area contributed by atoms with Gasteiger partial charge in [0.05, 0.1) is 12.1 Å². The molecule has 0 unspecified atom stereocenters. The first kappa shape index (κ1) is 10.6. The molecule has 0 aliphatic carbocycles. The SMILES string of the molecule is CCOC(=O)Cc1nc2c(F)cccc2[nH]1. The van der Waals surface area contributed by atoms with Crippen LogP contribution in [-0.4, -0.2) is 22.5 Å². The van der Waals surface area contributed by atoms with Crippen LogP contribution in [0.15, 0.2) is 18.2 Å². The molecule has 0 bridgehead atoms. The molecule has 0 spiro atoms. The highest BCUT2D eigenvalue weighted by Crippen LogP contribution is 2.15. The highest BCUT2D eigenvalue weighted by Gasteiger charge is 2.10. The van der Waals surface area contributed by atoms with Crippen LogP contribution in [0.1, 0.15) is 12.7 Å². The van der Waals surface area contributed by atoms with E-state index >= 15 is 0 Å². The zero-order valence-corrected chi connectivity index (χ0v) is 8.79. The van der Waals surface area contributed by atoms with E-state index in [2.05, 4.69) is 9.97 Å². The maximum absolute atomic E-state index is 13.3. The highest BCUT2D eigenvalue weighted by atomic mass is 19.1. The average Bonchev–Trinajstić information content (AvgIpc) is 2.62. The standard InChI is InChI=1S/C11H11FN2O2/c1-2-16-10(15)6-9-13-8-5-3-4-7(12)11(8)14-9/h3-5H,2,6H2,1H3,(H,13,14). The fourth-order valence-corrected chi connectivity index (χ4v) is 1.48. The number of nitrogens with one attached hydrogen (secondary N) is 1. The van der Waals surface area contributed by atoms with E-state index in [9.17, 15) is 9.18 Å². The quantitative estimate of drug-likeness (QED) is 0.806. The summed E-state index contributed by atoms with van der Waals surface area (Å²) in [6.07, 6.45) is 0.0297. The van der Waals surface area contributed by atoms with Crippen molar-refractivity contribution in [2.24, 2.45) is 0 Å². The average molecular weight is 222 g/mol. The van der Waals surface area contributed by atoms with Crippen LogP contribution in [0.3, 0.4) is 0 Å². The van der Waals surface area contributed by atoms with Crippen molar-refractivity contribution in [3.63, 3.8) is 0 Å². The summed E-state index contributed by atoms with van der Waals surface area (Å²) in [5.74, 6) is -0.357. The lowest BCUT2D eigenvalue weighted by atomic mass is 10.3. The molecular formula is C11H11FN2O2. The van der Waals surface area contributed by atoms with Gasteiger partial charge in [0.2, 0.25) is 0 Å². The van der Waals surface area contributed by atoms with Gasteiger partial charge in [-0.25, -0.2) is 9.37 Å². The summed E-state index contributed by atoms with van der Waals surface area (Å²) < 4.78 is 18.1. The van der Waals surface area contributed by atoms with Gasteiger partial charge in [0.15, 0.2) is 5.82 Å². The number of imidazole rings is 1. The van der Waals surface area contributed by atoms with Crippen LogP contribution in [0.2, 0.25) is 0 Å². The minimum atomic E-state index is -0.399. The molecule has 2 aromatic rings. The predicted molar refractivity (Wildman–Crippen MR) is 56.4 cm³/mol. The fourth-order valence-electron chi connectivity index (χ4n) is 1.48. The van der Waals surface area contributed by atoms with Crippen molar-refractivity contribution in [2.45, 2.75) is 13.3 Å². The Morgan fingerprint density at radius 2 is 2.38 bits per heavy atom. The molecule has 0 fully saturated rings. The number of para-hydroxylation sites is 1. The minimum Gasteiger partial charge on any atom is -0.466 e. The first-order chi connectivity index (χ1) is 7.70. The van der Waals surface area contributed by atoms with Gasteiger partial charge in [-0.15, -0.1) is 0 Å². The molecule has 0 saturated heterocycles. The molecule has 1 aromatic heterocycles. The molecule has 0 radical (unpaired) electrons. The number of benzene rings is 1. The van der Waals surface area contributed by atoms with E-state index in [1.165, 1.54) is 6.07 Å². The van der Waals surface area contributed by atoms with Crippen molar-refractivity contribution in [1.29, 1.82) is 0 Å². The Hall–Kier alpha value is -1.91. The number of fused-ring (bicyclic) bond motifs is 1. The lowest BCUT2D eigenvalue weighted by Crippen LogP contribution is -2.08. The second kappa shape index (κ2) is 4.30. The summed E-state index contributed by atoms with van der Waals surface area (Å²) in [5.41, 5.74) is 0.834. The van der Waals surface area contributed by atoms with Gasteiger partial charge in [-0.1, -0.05) is 6.07 Å². The largest absolute Gasteiger partial charge is 0.466 e. The van der Waals surface area contributed by atoms with Crippen molar-refractivity contribution in [3.8, 4) is 0 Å². The Morgan fingerprint density at radius 1 is 1.56 bits per heavy atom. The number of carbonyl (C=O) groups excluding carboxylic acids is 1. The van der Waals surface area contributed by atoms with Gasteiger partial charge >= 0.3 is 5.97 Å². The van der Waals surface area contributed by atoms with Crippen LogP contribution < -0.4 is 0 Å². The zero-order chi connectivity index (χ0) is 11.5. The molecule has 16 heavy (non-hydrogen) atoms. The molecule has 4 nitrogen and oxygen atoms in total. The third-order valence-corrected chi connectivity index (χ3v) is 2.13. The van der Waals surface area contributed by atoms with Crippen LogP contribution >= 0.6 is 0 Å². The normalized spacial score (nSPS) is 10.6. The van der Waals surface area contributed by atoms with Crippen molar-refractivity contribution in [2.75, 3.05) is 6.61 Å². The van der Waals surface area contributed by atoms with Gasteiger partial charge in [-0.05, 0) is 19.1 Å². The Balaban J connectivity index is 2.26. The monoisotopic (exact) mass is 222 g/mol. The lowest BCUT2D eigenvalue weighted by molar-refractivity contribution is -0.142. The molecule has 5 heteroatoms. The van der Waals surface area contributed by atoms with Gasteiger partial charge in [0.25, 0.3) is 0 Å². The Bertz CT molecular complexity index is 522. The molecule has 0 aliphatic rings. The molecular weight excluding hydrogens is 211 g/mol. The number of ether oxygens (including phenoxy) is 1. The van der Waals surface area contributed by atoms with Crippen molar-refractivity contribution < 1.29 is 13.9 Å². The molecule has 0 saturated carbocycles. The van der Waals surface area contributed by atoms with E-state index in [1.807, 2.05) is 0 Å². The van der Waals surface area contributed by atoms with E-state index in [4.69, 9.17) is 4.74 Å². The first-order valence-electron chi connectivity index (χ1n) is 4.99. The lowest BCUT2D eigenvalue weighted by Gasteiger charge is -1.97. The fraction of sp³-hybridized carbons (Fsp3) is 0.273. The molecule has 0 amide bonds. The molecule has 1 N–H and O–H groups in total. The molecule has 1 aromatic carbocycles. The van der Waals surface area contributed by atoms with E-state index in [0.717, 1.165) is 0 Å². The number of aromatic amines is 1. The third kappa shape index (κ3) is 2.03. The number of hydrogen-bond acceptors (Lipinski definition) is 3. The Morgan fingerprint density at radius 3 is 3.06 bits per heavy atom. The topological polar surface area (TPSA) is 55.0 Å². The first-order valence-corrected chi connectivity index (χ1v) is 4.99. The summed E-state index contributed by atoms with van der Waals surface area (Å²) in [6, 6.07) is 4.63. The summed E-state index contributed by atoms with van der Waals surface area (Å²) in [6.45, 7) is 2.06. The Labute approximate surface area is 91.4 Å². The van der Waals surface area contributed by atoms with Crippen molar-refractivity contribution in [3.05, 3.63) is 29.8 Å². The van der Waals surface area contributed by atoms with E-state index in [0.29, 0.717) is 17.9 Å². The minimum absolute atomic E-state index is 0.0297. The number of carbonyl (C=O) groups is 1. The molecule has 0 aliphatic heterocycles. The van der Waals surface area contributed by atoms with Gasteiger partial charge in [-0.2, -0.15) is 0 Å². The second-order valence-corrected chi connectivity index (χ2v) is 3.30. The van der Waals surface area contributed by atoms with E-state index in [-0.39, 0.29) is 17.9 Å². The van der Waals surface area contributed by atoms with Crippen LogP contribution in [0, 0.1) is 5.82 Å². The number of esters is 1. The van der Waals surface area contributed by atoms with Gasteiger partial charge in [-0.3, -0.25) is 4.79 Å². The van der Waals surface area contributed by atoms with Crippen molar-refractivity contribution in [1.82, 2.24) is 9.97 Å². The van der Waals surface area contributed by atoms with Crippen LogP contribution in [0.4, 0.5) is 4.39 Å². The van der Waals surface area contributed by atoms with E-state index < -0.39 is 5.82 Å².